The minimum absolute atomic E-state index is 0.190. The maximum Gasteiger partial charge on any atom is 0.141 e. The van der Waals surface area contributed by atoms with E-state index in [4.69, 9.17) is 0 Å². The van der Waals surface area contributed by atoms with Gasteiger partial charge >= 0.3 is 0 Å². The van der Waals surface area contributed by atoms with Gasteiger partial charge in [0.25, 0.3) is 0 Å². The summed E-state index contributed by atoms with van der Waals surface area (Å²) >= 11 is 0. The van der Waals surface area contributed by atoms with Gasteiger partial charge in [-0.3, -0.25) is 0 Å². The number of pyridine rings is 1. The Morgan fingerprint density at radius 3 is 2.53 bits per heavy atom. The molecule has 4 heteroatoms. The lowest BCUT2D eigenvalue weighted by atomic mass is 9.95. The summed E-state index contributed by atoms with van der Waals surface area (Å²) in [5.74, 6) is 1.35. The number of hydrogen-bond donors (Lipinski definition) is 1. The van der Waals surface area contributed by atoms with Gasteiger partial charge in [-0.25, -0.2) is 9.37 Å². The molecule has 0 amide bonds. The average Bonchev–Trinajstić information content (AvgIpc) is 2.37. The number of hydrogen-bond acceptors (Lipinski definition) is 3. The van der Waals surface area contributed by atoms with Crippen molar-refractivity contribution in [2.75, 3.05) is 24.5 Å². The summed E-state index contributed by atoms with van der Waals surface area (Å²) in [5, 5.41) is 3.57. The summed E-state index contributed by atoms with van der Waals surface area (Å²) in [5.41, 5.74) is 0.190. The normalized spacial score (nSPS) is 17.8. The first kappa shape index (κ1) is 14.3. The Labute approximate surface area is 115 Å². The smallest absolute Gasteiger partial charge is 0.141 e. The Kier molecular flexibility index (Phi) is 4.40. The highest BCUT2D eigenvalue weighted by Gasteiger charge is 2.21. The largest absolute Gasteiger partial charge is 0.357 e. The Morgan fingerprint density at radius 1 is 1.32 bits per heavy atom. The molecular weight excluding hydrogens is 241 g/mol. The van der Waals surface area contributed by atoms with E-state index in [2.05, 4.69) is 36.0 Å². The van der Waals surface area contributed by atoms with Gasteiger partial charge in [0.2, 0.25) is 0 Å². The summed E-state index contributed by atoms with van der Waals surface area (Å²) in [4.78, 5) is 6.39. The van der Waals surface area contributed by atoms with Crippen LogP contribution in [0.4, 0.5) is 10.2 Å². The maximum absolute atomic E-state index is 12.8. The molecule has 0 bridgehead atoms. The molecule has 0 spiro atoms. The lowest BCUT2D eigenvalue weighted by Gasteiger charge is -2.34. The van der Waals surface area contributed by atoms with Crippen molar-refractivity contribution < 1.29 is 4.39 Å². The van der Waals surface area contributed by atoms with Gasteiger partial charge in [0, 0.05) is 18.6 Å². The van der Waals surface area contributed by atoms with Crippen LogP contribution in [0.25, 0.3) is 0 Å². The van der Waals surface area contributed by atoms with E-state index in [0.29, 0.717) is 0 Å². The van der Waals surface area contributed by atoms with Crippen molar-refractivity contribution >= 4 is 5.82 Å². The second kappa shape index (κ2) is 5.87. The van der Waals surface area contributed by atoms with Crippen LogP contribution in [0, 0.1) is 11.7 Å². The first-order chi connectivity index (χ1) is 8.94. The molecule has 1 aliphatic rings. The number of rotatable bonds is 3. The van der Waals surface area contributed by atoms with Gasteiger partial charge < -0.3 is 10.2 Å². The van der Waals surface area contributed by atoms with Crippen molar-refractivity contribution in [3.63, 3.8) is 0 Å². The molecule has 1 saturated heterocycles. The average molecular weight is 265 g/mol. The summed E-state index contributed by atoms with van der Waals surface area (Å²) < 4.78 is 12.8. The highest BCUT2D eigenvalue weighted by atomic mass is 19.1. The van der Waals surface area contributed by atoms with Gasteiger partial charge in [-0.05, 0) is 58.2 Å². The van der Waals surface area contributed by atoms with E-state index in [1.807, 2.05) is 0 Å². The quantitative estimate of drug-likeness (QED) is 0.911. The second-order valence-electron chi connectivity index (χ2n) is 6.40. The van der Waals surface area contributed by atoms with Gasteiger partial charge in [-0.1, -0.05) is 0 Å². The molecule has 1 N–H and O–H groups in total. The molecule has 0 unspecified atom stereocenters. The third kappa shape index (κ3) is 4.46. The fourth-order valence-electron chi connectivity index (χ4n) is 2.37. The van der Waals surface area contributed by atoms with Crippen molar-refractivity contribution in [1.29, 1.82) is 0 Å². The first-order valence-corrected chi connectivity index (χ1v) is 7.05. The van der Waals surface area contributed by atoms with E-state index in [-0.39, 0.29) is 11.4 Å². The van der Waals surface area contributed by atoms with E-state index in [0.717, 1.165) is 31.4 Å². The van der Waals surface area contributed by atoms with Gasteiger partial charge in [-0.15, -0.1) is 0 Å². The van der Waals surface area contributed by atoms with Crippen LogP contribution >= 0.6 is 0 Å². The predicted molar refractivity (Wildman–Crippen MR) is 76.9 cm³/mol. The number of aromatic nitrogens is 1. The molecule has 0 aromatic carbocycles. The topological polar surface area (TPSA) is 28.2 Å². The molecule has 0 aliphatic carbocycles. The van der Waals surface area contributed by atoms with E-state index < -0.39 is 0 Å². The molecule has 3 nitrogen and oxygen atoms in total. The predicted octanol–water partition coefficient (Wildman–Crippen LogP) is 2.83. The fraction of sp³-hybridized carbons (Fsp3) is 0.667. The Morgan fingerprint density at radius 2 is 2.00 bits per heavy atom. The minimum Gasteiger partial charge on any atom is -0.357 e. The van der Waals surface area contributed by atoms with Crippen molar-refractivity contribution in [2.24, 2.45) is 5.92 Å². The van der Waals surface area contributed by atoms with Crippen LogP contribution < -0.4 is 10.2 Å². The van der Waals surface area contributed by atoms with E-state index in [1.54, 1.807) is 6.07 Å². The summed E-state index contributed by atoms with van der Waals surface area (Å²) in [7, 11) is 0. The molecule has 1 aliphatic heterocycles. The molecule has 2 heterocycles. The number of halogens is 1. The van der Waals surface area contributed by atoms with E-state index in [1.165, 1.54) is 25.1 Å². The number of nitrogens with one attached hydrogen (secondary N) is 1. The van der Waals surface area contributed by atoms with Gasteiger partial charge in [0.1, 0.15) is 11.6 Å². The number of anilines is 1. The van der Waals surface area contributed by atoms with Crippen LogP contribution in [0.3, 0.4) is 0 Å². The molecule has 19 heavy (non-hydrogen) atoms. The molecule has 0 saturated carbocycles. The lowest BCUT2D eigenvalue weighted by molar-refractivity contribution is 0.328. The number of nitrogens with zero attached hydrogens (tertiary/aromatic N) is 2. The molecule has 1 fully saturated rings. The van der Waals surface area contributed by atoms with Crippen molar-refractivity contribution in [3.8, 4) is 0 Å². The molecule has 1 aromatic heterocycles. The lowest BCUT2D eigenvalue weighted by Crippen LogP contribution is -2.43. The summed E-state index contributed by atoms with van der Waals surface area (Å²) in [6.07, 6.45) is 3.63. The molecule has 2 rings (SSSR count). The molecular formula is C15H24FN3. The highest BCUT2D eigenvalue weighted by Crippen LogP contribution is 2.21. The van der Waals surface area contributed by atoms with E-state index >= 15 is 0 Å². The second-order valence-corrected chi connectivity index (χ2v) is 6.40. The zero-order valence-corrected chi connectivity index (χ0v) is 12.1. The molecule has 0 radical (unpaired) electrons. The standard InChI is InChI=1S/C15H24FN3/c1-15(2,3)18-10-12-6-8-19(9-7-12)14-5-4-13(16)11-17-14/h4-5,11-12,18H,6-10H2,1-3H3. The molecule has 106 valence electrons. The summed E-state index contributed by atoms with van der Waals surface area (Å²) in [6.45, 7) is 9.69. The third-order valence-electron chi connectivity index (χ3n) is 3.57. The number of piperidine rings is 1. The van der Waals surface area contributed by atoms with Crippen LogP contribution in [0.2, 0.25) is 0 Å². The molecule has 0 atom stereocenters. The van der Waals surface area contributed by atoms with Gasteiger partial charge in [-0.2, -0.15) is 0 Å². The monoisotopic (exact) mass is 265 g/mol. The van der Waals surface area contributed by atoms with Crippen LogP contribution in [-0.2, 0) is 0 Å². The van der Waals surface area contributed by atoms with Gasteiger partial charge in [0.15, 0.2) is 0 Å². The zero-order valence-electron chi connectivity index (χ0n) is 12.1. The molecule has 1 aromatic rings. The zero-order chi connectivity index (χ0) is 13.9. The Hall–Kier alpha value is -1.16. The van der Waals surface area contributed by atoms with Crippen molar-refractivity contribution in [3.05, 3.63) is 24.1 Å². The SMILES string of the molecule is CC(C)(C)NCC1CCN(c2ccc(F)cn2)CC1. The van der Waals surface area contributed by atoms with E-state index in [9.17, 15) is 4.39 Å². The van der Waals surface area contributed by atoms with Crippen LogP contribution in [0.5, 0.6) is 0 Å². The van der Waals surface area contributed by atoms with Crippen LogP contribution in [0.1, 0.15) is 33.6 Å². The third-order valence-corrected chi connectivity index (χ3v) is 3.57. The van der Waals surface area contributed by atoms with Gasteiger partial charge in [0.05, 0.1) is 6.20 Å². The maximum atomic E-state index is 12.8. The fourth-order valence-corrected chi connectivity index (χ4v) is 2.37. The Balaban J connectivity index is 1.81. The minimum atomic E-state index is -0.270. The Bertz CT molecular complexity index is 389. The van der Waals surface area contributed by atoms with Crippen LogP contribution in [0.15, 0.2) is 18.3 Å². The van der Waals surface area contributed by atoms with Crippen LogP contribution in [-0.4, -0.2) is 30.2 Å². The van der Waals surface area contributed by atoms with Crippen molar-refractivity contribution in [2.45, 2.75) is 39.2 Å². The van der Waals surface area contributed by atoms with Crippen molar-refractivity contribution in [1.82, 2.24) is 10.3 Å². The summed E-state index contributed by atoms with van der Waals surface area (Å²) in [6, 6.07) is 3.25. The first-order valence-electron chi connectivity index (χ1n) is 7.05. The highest BCUT2D eigenvalue weighted by molar-refractivity contribution is 5.38.